The third-order valence-corrected chi connectivity index (χ3v) is 4.88. The molecule has 0 aliphatic carbocycles. The summed E-state index contributed by atoms with van der Waals surface area (Å²) in [5.41, 5.74) is 2.32. The quantitative estimate of drug-likeness (QED) is 0.691. The van der Waals surface area contributed by atoms with Gasteiger partial charge in [-0.05, 0) is 55.2 Å². The van der Waals surface area contributed by atoms with Crippen LogP contribution in [0.25, 0.3) is 5.65 Å². The monoisotopic (exact) mass is 370 g/mol. The van der Waals surface area contributed by atoms with E-state index in [2.05, 4.69) is 15.5 Å². The molecule has 1 aromatic carbocycles. The molecule has 0 saturated carbocycles. The summed E-state index contributed by atoms with van der Waals surface area (Å²) in [6.07, 6.45) is 4.73. The Balaban J connectivity index is 1.88. The largest absolute Gasteiger partial charge is 0.496 e. The first-order valence-corrected chi connectivity index (χ1v) is 9.77. The number of ether oxygens (including phenoxy) is 1. The second-order valence-corrected chi connectivity index (χ2v) is 6.96. The van der Waals surface area contributed by atoms with E-state index >= 15 is 0 Å². The Morgan fingerprint density at radius 1 is 1.31 bits per heavy atom. The van der Waals surface area contributed by atoms with E-state index in [0.29, 0.717) is 11.3 Å². The molecule has 0 radical (unpaired) electrons. The van der Waals surface area contributed by atoms with Gasteiger partial charge in [0.05, 0.1) is 13.2 Å². The SMILES string of the molecule is COc1cc(C(=O)NC(CCSC)c2nnc3ccccn23)ccc1C. The molecule has 136 valence electrons. The average Bonchev–Trinajstić information content (AvgIpc) is 3.09. The van der Waals surface area contributed by atoms with Crippen LogP contribution >= 0.6 is 11.8 Å². The summed E-state index contributed by atoms with van der Waals surface area (Å²) in [7, 11) is 1.60. The van der Waals surface area contributed by atoms with Crippen LogP contribution in [0.2, 0.25) is 0 Å². The number of benzene rings is 1. The molecule has 0 bridgehead atoms. The number of nitrogens with zero attached hydrogens (tertiary/aromatic N) is 3. The minimum atomic E-state index is -0.223. The number of methoxy groups -OCH3 is 1. The highest BCUT2D eigenvalue weighted by Crippen LogP contribution is 2.22. The lowest BCUT2D eigenvalue weighted by Crippen LogP contribution is -2.30. The zero-order valence-electron chi connectivity index (χ0n) is 15.1. The molecule has 3 aromatic rings. The lowest BCUT2D eigenvalue weighted by Gasteiger charge is -2.17. The van der Waals surface area contributed by atoms with Crippen molar-refractivity contribution in [2.45, 2.75) is 19.4 Å². The second kappa shape index (κ2) is 8.23. The van der Waals surface area contributed by atoms with E-state index in [1.807, 2.05) is 48.0 Å². The highest BCUT2D eigenvalue weighted by molar-refractivity contribution is 7.98. The number of nitrogens with one attached hydrogen (secondary N) is 1. The maximum atomic E-state index is 12.8. The predicted molar refractivity (Wildman–Crippen MR) is 104 cm³/mol. The Morgan fingerprint density at radius 3 is 2.92 bits per heavy atom. The fraction of sp³-hybridized carbons (Fsp3) is 0.316. The van der Waals surface area contributed by atoms with Gasteiger partial charge in [-0.3, -0.25) is 9.20 Å². The van der Waals surface area contributed by atoms with Gasteiger partial charge in [-0.15, -0.1) is 10.2 Å². The first kappa shape index (κ1) is 18.3. The number of pyridine rings is 1. The zero-order chi connectivity index (χ0) is 18.5. The van der Waals surface area contributed by atoms with Gasteiger partial charge in [-0.25, -0.2) is 0 Å². The number of carbonyl (C=O) groups is 1. The minimum absolute atomic E-state index is 0.151. The van der Waals surface area contributed by atoms with Crippen LogP contribution in [-0.4, -0.2) is 39.6 Å². The van der Waals surface area contributed by atoms with E-state index in [4.69, 9.17) is 4.74 Å². The zero-order valence-corrected chi connectivity index (χ0v) is 15.9. The van der Waals surface area contributed by atoms with E-state index in [9.17, 15) is 4.79 Å². The predicted octanol–water partition coefficient (Wildman–Crippen LogP) is 3.27. The molecular weight excluding hydrogens is 348 g/mol. The van der Waals surface area contributed by atoms with E-state index in [0.717, 1.165) is 29.2 Å². The smallest absolute Gasteiger partial charge is 0.252 e. The molecule has 0 spiro atoms. The fourth-order valence-electron chi connectivity index (χ4n) is 2.80. The van der Waals surface area contributed by atoms with Crippen LogP contribution < -0.4 is 10.1 Å². The van der Waals surface area contributed by atoms with Crippen molar-refractivity contribution in [3.8, 4) is 5.75 Å². The van der Waals surface area contributed by atoms with Crippen molar-refractivity contribution < 1.29 is 9.53 Å². The number of aryl methyl sites for hydroxylation is 1. The number of hydrogen-bond donors (Lipinski definition) is 1. The Morgan fingerprint density at radius 2 is 2.15 bits per heavy atom. The second-order valence-electron chi connectivity index (χ2n) is 5.98. The summed E-state index contributed by atoms with van der Waals surface area (Å²) in [6, 6.07) is 11.0. The van der Waals surface area contributed by atoms with E-state index in [1.54, 1.807) is 31.0 Å². The maximum Gasteiger partial charge on any atom is 0.252 e. The Labute approximate surface area is 157 Å². The van der Waals surface area contributed by atoms with Crippen molar-refractivity contribution in [2.75, 3.05) is 19.1 Å². The molecule has 2 heterocycles. The van der Waals surface area contributed by atoms with Gasteiger partial charge < -0.3 is 10.1 Å². The van der Waals surface area contributed by atoms with Crippen LogP contribution in [0.4, 0.5) is 0 Å². The van der Waals surface area contributed by atoms with Crippen LogP contribution in [0.15, 0.2) is 42.6 Å². The molecular formula is C19H22N4O2S. The minimum Gasteiger partial charge on any atom is -0.496 e. The van der Waals surface area contributed by atoms with Gasteiger partial charge in [-0.1, -0.05) is 12.1 Å². The van der Waals surface area contributed by atoms with Crippen molar-refractivity contribution in [1.29, 1.82) is 0 Å². The summed E-state index contributed by atoms with van der Waals surface area (Å²) < 4.78 is 7.24. The molecule has 7 heteroatoms. The standard InChI is InChI=1S/C19H22N4O2S/c1-13-7-8-14(12-16(13)25-2)19(24)20-15(9-11-26-3)18-22-21-17-6-4-5-10-23(17)18/h4-8,10,12,15H,9,11H2,1-3H3,(H,20,24). The number of rotatable bonds is 7. The van der Waals surface area contributed by atoms with Crippen molar-refractivity contribution in [2.24, 2.45) is 0 Å². The number of carbonyl (C=O) groups excluding carboxylic acids is 1. The van der Waals surface area contributed by atoms with Gasteiger partial charge in [0.2, 0.25) is 0 Å². The van der Waals surface area contributed by atoms with Gasteiger partial charge in [-0.2, -0.15) is 11.8 Å². The average molecular weight is 370 g/mol. The first-order chi connectivity index (χ1) is 12.6. The normalized spacial score (nSPS) is 12.1. The van der Waals surface area contributed by atoms with Crippen molar-refractivity contribution in [1.82, 2.24) is 19.9 Å². The molecule has 1 unspecified atom stereocenters. The van der Waals surface area contributed by atoms with E-state index < -0.39 is 0 Å². The number of amides is 1. The number of fused-ring (bicyclic) bond motifs is 1. The molecule has 0 aliphatic rings. The molecule has 0 aliphatic heterocycles. The van der Waals surface area contributed by atoms with Gasteiger partial charge in [0.15, 0.2) is 11.5 Å². The van der Waals surface area contributed by atoms with Crippen LogP contribution in [0.3, 0.4) is 0 Å². The molecule has 3 rings (SSSR count). The number of thioether (sulfide) groups is 1. The summed E-state index contributed by atoms with van der Waals surface area (Å²) in [5, 5.41) is 11.6. The van der Waals surface area contributed by atoms with Gasteiger partial charge in [0, 0.05) is 11.8 Å². The third kappa shape index (κ3) is 3.83. The van der Waals surface area contributed by atoms with Crippen molar-refractivity contribution >= 4 is 23.3 Å². The molecule has 0 fully saturated rings. The van der Waals surface area contributed by atoms with Gasteiger partial charge in [0.25, 0.3) is 5.91 Å². The van der Waals surface area contributed by atoms with Crippen molar-refractivity contribution in [3.05, 3.63) is 59.5 Å². The molecule has 1 atom stereocenters. The third-order valence-electron chi connectivity index (χ3n) is 4.24. The summed E-state index contributed by atoms with van der Waals surface area (Å²) in [4.78, 5) is 12.8. The first-order valence-electron chi connectivity index (χ1n) is 8.38. The Kier molecular flexibility index (Phi) is 5.78. The lowest BCUT2D eigenvalue weighted by molar-refractivity contribution is 0.0933. The maximum absolute atomic E-state index is 12.8. The van der Waals surface area contributed by atoms with Crippen LogP contribution in [0, 0.1) is 6.92 Å². The van der Waals surface area contributed by atoms with E-state index in [-0.39, 0.29) is 11.9 Å². The molecule has 2 aromatic heterocycles. The molecule has 26 heavy (non-hydrogen) atoms. The number of aromatic nitrogens is 3. The summed E-state index contributed by atoms with van der Waals surface area (Å²) >= 11 is 1.73. The molecule has 1 N–H and O–H groups in total. The summed E-state index contributed by atoms with van der Waals surface area (Å²) in [6.45, 7) is 1.95. The number of hydrogen-bond acceptors (Lipinski definition) is 5. The topological polar surface area (TPSA) is 68.5 Å². The van der Waals surface area contributed by atoms with Gasteiger partial charge >= 0.3 is 0 Å². The highest BCUT2D eigenvalue weighted by Gasteiger charge is 2.21. The summed E-state index contributed by atoms with van der Waals surface area (Å²) in [5.74, 6) is 2.19. The Hall–Kier alpha value is -2.54. The molecule has 1 amide bonds. The van der Waals surface area contributed by atoms with Crippen LogP contribution in [0.1, 0.15) is 34.2 Å². The van der Waals surface area contributed by atoms with Gasteiger partial charge in [0.1, 0.15) is 5.75 Å². The lowest BCUT2D eigenvalue weighted by atomic mass is 10.1. The molecule has 0 saturated heterocycles. The van der Waals surface area contributed by atoms with E-state index in [1.165, 1.54) is 0 Å². The van der Waals surface area contributed by atoms with Crippen molar-refractivity contribution in [3.63, 3.8) is 0 Å². The van der Waals surface area contributed by atoms with Crippen LogP contribution in [-0.2, 0) is 0 Å². The fourth-order valence-corrected chi connectivity index (χ4v) is 3.27. The highest BCUT2D eigenvalue weighted by atomic mass is 32.2. The van der Waals surface area contributed by atoms with Crippen LogP contribution in [0.5, 0.6) is 5.75 Å². The Bertz CT molecular complexity index is 909. The molecule has 6 nitrogen and oxygen atoms in total.